The zero-order valence-electron chi connectivity index (χ0n) is 20.2. The van der Waals surface area contributed by atoms with Crippen LogP contribution >= 0.6 is 0 Å². The van der Waals surface area contributed by atoms with E-state index in [4.69, 9.17) is 4.74 Å². The minimum absolute atomic E-state index is 0.284. The number of likely N-dealkylation sites (tertiary alicyclic amines) is 1. The van der Waals surface area contributed by atoms with E-state index in [1.54, 1.807) is 19.1 Å². The summed E-state index contributed by atoms with van der Waals surface area (Å²) >= 11 is 0. The highest BCUT2D eigenvalue weighted by molar-refractivity contribution is 6.05. The quantitative estimate of drug-likeness (QED) is 0.593. The number of nitrogens with zero attached hydrogens (tertiary/aromatic N) is 1. The molecular formula is C27H31N3O5. The summed E-state index contributed by atoms with van der Waals surface area (Å²) in [4.78, 5) is 42.5. The molecule has 3 fully saturated rings. The molecule has 0 radical (unpaired) electrons. The van der Waals surface area contributed by atoms with E-state index in [1.165, 1.54) is 4.90 Å². The molecule has 184 valence electrons. The molecule has 3 aliphatic heterocycles. The van der Waals surface area contributed by atoms with Crippen LogP contribution in [0.5, 0.6) is 0 Å². The van der Waals surface area contributed by atoms with Crippen LogP contribution in [0.2, 0.25) is 0 Å². The van der Waals surface area contributed by atoms with Crippen LogP contribution in [0.15, 0.2) is 48.5 Å². The van der Waals surface area contributed by atoms with Crippen molar-refractivity contribution in [1.82, 2.24) is 4.90 Å². The molecule has 6 atom stereocenters. The number of hydrogen-bond acceptors (Lipinski definition) is 5. The van der Waals surface area contributed by atoms with Crippen molar-refractivity contribution < 1.29 is 24.2 Å². The van der Waals surface area contributed by atoms with E-state index in [0.29, 0.717) is 24.2 Å². The first-order chi connectivity index (χ1) is 16.8. The van der Waals surface area contributed by atoms with Crippen molar-refractivity contribution in [3.63, 3.8) is 0 Å². The van der Waals surface area contributed by atoms with Crippen LogP contribution in [-0.4, -0.2) is 58.1 Å². The highest BCUT2D eigenvalue weighted by atomic mass is 16.5. The minimum Gasteiger partial charge on any atom is -0.394 e. The highest BCUT2D eigenvalue weighted by Crippen LogP contribution is 2.59. The Hall–Kier alpha value is -3.23. The van der Waals surface area contributed by atoms with Gasteiger partial charge in [0.05, 0.1) is 30.6 Å². The number of rotatable bonds is 6. The molecular weight excluding hydrogens is 446 g/mol. The molecule has 3 amide bonds. The third-order valence-corrected chi connectivity index (χ3v) is 7.80. The summed E-state index contributed by atoms with van der Waals surface area (Å²) < 4.78 is 6.42. The Labute approximate surface area is 204 Å². The highest BCUT2D eigenvalue weighted by Gasteiger charge is 2.74. The summed E-state index contributed by atoms with van der Waals surface area (Å²) in [5, 5.41) is 15.9. The lowest BCUT2D eigenvalue weighted by Gasteiger charge is -2.35. The van der Waals surface area contributed by atoms with Crippen LogP contribution in [-0.2, 0) is 19.1 Å². The number of anilines is 2. The molecule has 8 nitrogen and oxygen atoms in total. The topological polar surface area (TPSA) is 108 Å². The summed E-state index contributed by atoms with van der Waals surface area (Å²) in [6.07, 6.45) is 0.656. The third kappa shape index (κ3) is 3.63. The van der Waals surface area contributed by atoms with E-state index >= 15 is 0 Å². The van der Waals surface area contributed by atoms with Crippen LogP contribution in [0, 0.1) is 25.7 Å². The van der Waals surface area contributed by atoms with Gasteiger partial charge >= 0.3 is 0 Å². The van der Waals surface area contributed by atoms with Crippen LogP contribution in [0.1, 0.15) is 30.9 Å². The van der Waals surface area contributed by atoms with E-state index in [2.05, 4.69) is 10.6 Å². The third-order valence-electron chi connectivity index (χ3n) is 7.80. The number of benzene rings is 2. The van der Waals surface area contributed by atoms with Gasteiger partial charge in [0.25, 0.3) is 0 Å². The average Bonchev–Trinajstić information content (AvgIpc) is 3.49. The fourth-order valence-electron chi connectivity index (χ4n) is 6.20. The molecule has 3 aliphatic rings. The molecule has 2 aromatic carbocycles. The number of para-hydroxylation sites is 2. The standard InChI is InChI=1S/C27H31N3O5/c1-15-8-7-9-16(2)22(15)29-25(33)23-27-13-12-19(35-27)20(21(27)26(34)30(23)17(3)14-31)24(32)28-18-10-5-4-6-11-18/h4-11,17,19-21,23,31H,12-14H2,1-3H3,(H,28,32)(H,29,33)/t17-,19+,20-,21+,23?,27?/m1/s1. The largest absolute Gasteiger partial charge is 0.394 e. The number of fused-ring (bicyclic) bond motifs is 1. The number of aliphatic hydroxyl groups is 1. The molecule has 3 heterocycles. The fourth-order valence-corrected chi connectivity index (χ4v) is 6.20. The number of ether oxygens (including phenoxy) is 1. The summed E-state index contributed by atoms with van der Waals surface area (Å²) in [6, 6.07) is 13.3. The lowest BCUT2D eigenvalue weighted by molar-refractivity contribution is -0.142. The predicted molar refractivity (Wildman–Crippen MR) is 131 cm³/mol. The normalized spacial score (nSPS) is 29.7. The molecule has 3 N–H and O–H groups in total. The Morgan fingerprint density at radius 2 is 1.77 bits per heavy atom. The smallest absolute Gasteiger partial charge is 0.250 e. The Bertz CT molecular complexity index is 1150. The Morgan fingerprint density at radius 3 is 2.43 bits per heavy atom. The number of aliphatic hydroxyl groups excluding tert-OH is 1. The number of aryl methyl sites for hydroxylation is 2. The SMILES string of the molecule is Cc1cccc(C)c1NC(=O)C1N([C@H](C)CO)C(=O)[C@@H]2[C@H](C(=O)Nc3ccccc3)[C@@H]3CCC12O3. The number of carbonyl (C=O) groups is 3. The summed E-state index contributed by atoms with van der Waals surface area (Å²) in [5.74, 6) is -2.45. The molecule has 0 aromatic heterocycles. The van der Waals surface area contributed by atoms with Crippen molar-refractivity contribution in [1.29, 1.82) is 0 Å². The molecule has 0 saturated carbocycles. The van der Waals surface area contributed by atoms with Crippen LogP contribution < -0.4 is 10.6 Å². The Kier molecular flexibility index (Phi) is 5.89. The molecule has 8 heteroatoms. The van der Waals surface area contributed by atoms with Gasteiger partial charge in [-0.05, 0) is 56.9 Å². The zero-order chi connectivity index (χ0) is 24.9. The summed E-state index contributed by atoms with van der Waals surface area (Å²) in [7, 11) is 0. The van der Waals surface area contributed by atoms with Crippen molar-refractivity contribution >= 4 is 29.1 Å². The summed E-state index contributed by atoms with van der Waals surface area (Å²) in [6.45, 7) is 5.24. The fraction of sp³-hybridized carbons (Fsp3) is 0.444. The maximum Gasteiger partial charge on any atom is 0.250 e. The zero-order valence-corrected chi connectivity index (χ0v) is 20.2. The van der Waals surface area contributed by atoms with Crippen LogP contribution in [0.25, 0.3) is 0 Å². The second-order valence-electron chi connectivity index (χ2n) is 9.94. The monoisotopic (exact) mass is 477 g/mol. The number of amides is 3. The first-order valence-corrected chi connectivity index (χ1v) is 12.1. The maximum absolute atomic E-state index is 13.8. The van der Waals surface area contributed by atoms with Gasteiger partial charge < -0.3 is 25.4 Å². The first kappa shape index (κ1) is 23.5. The van der Waals surface area contributed by atoms with Crippen LogP contribution in [0.3, 0.4) is 0 Å². The van der Waals surface area contributed by atoms with Gasteiger partial charge in [-0.2, -0.15) is 0 Å². The lowest BCUT2D eigenvalue weighted by Crippen LogP contribution is -2.55. The van der Waals surface area contributed by atoms with Gasteiger partial charge in [-0.3, -0.25) is 14.4 Å². The molecule has 3 saturated heterocycles. The Balaban J connectivity index is 1.50. The number of carbonyl (C=O) groups excluding carboxylic acids is 3. The predicted octanol–water partition coefficient (Wildman–Crippen LogP) is 2.64. The van der Waals surface area contributed by atoms with Gasteiger partial charge in [0.2, 0.25) is 17.7 Å². The molecule has 2 bridgehead atoms. The second kappa shape index (κ2) is 8.77. The minimum atomic E-state index is -1.11. The van der Waals surface area contributed by atoms with Crippen molar-refractivity contribution in [3.8, 4) is 0 Å². The van der Waals surface area contributed by atoms with Gasteiger partial charge in [-0.1, -0.05) is 36.4 Å². The average molecular weight is 478 g/mol. The van der Waals surface area contributed by atoms with E-state index in [0.717, 1.165) is 11.1 Å². The first-order valence-electron chi connectivity index (χ1n) is 12.1. The van der Waals surface area contributed by atoms with E-state index in [9.17, 15) is 19.5 Å². The summed E-state index contributed by atoms with van der Waals surface area (Å²) in [5.41, 5.74) is 2.06. The van der Waals surface area contributed by atoms with Crippen molar-refractivity contribution in [2.75, 3.05) is 17.2 Å². The lowest BCUT2D eigenvalue weighted by atomic mass is 9.70. The molecule has 2 aromatic rings. The molecule has 2 unspecified atom stereocenters. The maximum atomic E-state index is 13.8. The van der Waals surface area contributed by atoms with Gasteiger partial charge in [-0.25, -0.2) is 0 Å². The van der Waals surface area contributed by atoms with Gasteiger partial charge in [0, 0.05) is 11.4 Å². The van der Waals surface area contributed by atoms with Gasteiger partial charge in [0.15, 0.2) is 0 Å². The molecule has 35 heavy (non-hydrogen) atoms. The van der Waals surface area contributed by atoms with Crippen molar-refractivity contribution in [2.45, 2.75) is 57.4 Å². The van der Waals surface area contributed by atoms with Crippen molar-refractivity contribution in [2.24, 2.45) is 11.8 Å². The Morgan fingerprint density at radius 1 is 1.09 bits per heavy atom. The molecule has 5 rings (SSSR count). The van der Waals surface area contributed by atoms with Crippen LogP contribution in [0.4, 0.5) is 11.4 Å². The number of hydrogen-bond donors (Lipinski definition) is 3. The van der Waals surface area contributed by atoms with Gasteiger partial charge in [0.1, 0.15) is 11.6 Å². The van der Waals surface area contributed by atoms with E-state index < -0.39 is 35.6 Å². The van der Waals surface area contributed by atoms with Crippen molar-refractivity contribution in [3.05, 3.63) is 59.7 Å². The van der Waals surface area contributed by atoms with E-state index in [-0.39, 0.29) is 24.3 Å². The van der Waals surface area contributed by atoms with E-state index in [1.807, 2.05) is 50.2 Å². The molecule has 1 spiro atoms. The van der Waals surface area contributed by atoms with Gasteiger partial charge in [-0.15, -0.1) is 0 Å². The second-order valence-corrected chi connectivity index (χ2v) is 9.94. The molecule has 0 aliphatic carbocycles. The number of nitrogens with one attached hydrogen (secondary N) is 2.